The van der Waals surface area contributed by atoms with Gasteiger partial charge in [-0.1, -0.05) is 30.3 Å². The average molecular weight is 394 g/mol. The van der Waals surface area contributed by atoms with E-state index in [0.29, 0.717) is 30.6 Å². The van der Waals surface area contributed by atoms with Crippen LogP contribution >= 0.6 is 11.6 Å². The van der Waals surface area contributed by atoms with Gasteiger partial charge in [0.1, 0.15) is 23.6 Å². The Bertz CT molecular complexity index is 1030. The number of hydrogen-bond acceptors (Lipinski definition) is 4. The van der Waals surface area contributed by atoms with Crippen molar-refractivity contribution in [3.63, 3.8) is 0 Å². The summed E-state index contributed by atoms with van der Waals surface area (Å²) >= 11 is 5.68. The Morgan fingerprint density at radius 2 is 1.64 bits per heavy atom. The lowest BCUT2D eigenvalue weighted by Crippen LogP contribution is -1.97. The van der Waals surface area contributed by atoms with E-state index >= 15 is 0 Å². The summed E-state index contributed by atoms with van der Waals surface area (Å²) in [6.45, 7) is 1.12. The lowest BCUT2D eigenvalue weighted by atomic mass is 10.2. The molecule has 142 valence electrons. The Labute approximate surface area is 168 Å². The molecule has 0 N–H and O–H groups in total. The fourth-order valence-corrected chi connectivity index (χ4v) is 2.91. The standard InChI is InChI=1S/C23H20ClNO3/c24-13-4-14-26-20-11-12-21-22(15-20)28-23(25-21)18-7-9-19(10-8-18)27-16-17-5-2-1-3-6-17/h1-3,5-12,15H,4,13-14,16H2. The molecular formula is C23H20ClNO3. The molecule has 1 aromatic heterocycles. The van der Waals surface area contributed by atoms with Crippen molar-refractivity contribution in [1.82, 2.24) is 4.98 Å². The third kappa shape index (κ3) is 4.46. The van der Waals surface area contributed by atoms with E-state index in [1.165, 1.54) is 0 Å². The Kier molecular flexibility index (Phi) is 5.78. The van der Waals surface area contributed by atoms with Crippen LogP contribution in [0.4, 0.5) is 0 Å². The summed E-state index contributed by atoms with van der Waals surface area (Å²) in [5.41, 5.74) is 3.52. The highest BCUT2D eigenvalue weighted by Gasteiger charge is 2.10. The highest BCUT2D eigenvalue weighted by atomic mass is 35.5. The summed E-state index contributed by atoms with van der Waals surface area (Å²) in [7, 11) is 0. The van der Waals surface area contributed by atoms with Crippen molar-refractivity contribution in [2.24, 2.45) is 0 Å². The molecule has 0 saturated carbocycles. The first-order chi connectivity index (χ1) is 13.8. The van der Waals surface area contributed by atoms with Gasteiger partial charge in [0.25, 0.3) is 0 Å². The Morgan fingerprint density at radius 3 is 2.43 bits per heavy atom. The third-order valence-electron chi connectivity index (χ3n) is 4.26. The number of fused-ring (bicyclic) bond motifs is 1. The van der Waals surface area contributed by atoms with Crippen molar-refractivity contribution in [2.75, 3.05) is 12.5 Å². The monoisotopic (exact) mass is 393 g/mol. The lowest BCUT2D eigenvalue weighted by Gasteiger charge is -2.06. The van der Waals surface area contributed by atoms with E-state index in [1.807, 2.05) is 72.8 Å². The molecule has 4 aromatic rings. The molecule has 0 spiro atoms. The number of benzene rings is 3. The molecule has 0 bridgehead atoms. The molecule has 0 aliphatic rings. The van der Waals surface area contributed by atoms with E-state index in [9.17, 15) is 0 Å². The minimum atomic E-state index is 0.537. The highest BCUT2D eigenvalue weighted by molar-refractivity contribution is 6.17. The molecule has 4 rings (SSSR count). The first kappa shape index (κ1) is 18.4. The molecule has 1 heterocycles. The largest absolute Gasteiger partial charge is 0.493 e. The van der Waals surface area contributed by atoms with Crippen LogP contribution in [0.3, 0.4) is 0 Å². The van der Waals surface area contributed by atoms with Gasteiger partial charge >= 0.3 is 0 Å². The molecule has 0 radical (unpaired) electrons. The maximum atomic E-state index is 5.91. The molecular weight excluding hydrogens is 374 g/mol. The van der Waals surface area contributed by atoms with Crippen LogP contribution in [-0.2, 0) is 6.61 Å². The average Bonchev–Trinajstić information content (AvgIpc) is 3.17. The predicted molar refractivity (Wildman–Crippen MR) is 111 cm³/mol. The summed E-state index contributed by atoms with van der Waals surface area (Å²) in [6, 6.07) is 23.5. The van der Waals surface area contributed by atoms with Gasteiger partial charge in [-0.2, -0.15) is 0 Å². The quantitative estimate of drug-likeness (QED) is 0.269. The molecule has 0 aliphatic carbocycles. The van der Waals surface area contributed by atoms with Gasteiger partial charge < -0.3 is 13.9 Å². The number of nitrogens with zero attached hydrogens (tertiary/aromatic N) is 1. The van der Waals surface area contributed by atoms with Crippen LogP contribution in [0.25, 0.3) is 22.6 Å². The Balaban J connectivity index is 1.45. The van der Waals surface area contributed by atoms with Gasteiger partial charge in [0.15, 0.2) is 5.58 Å². The minimum absolute atomic E-state index is 0.537. The van der Waals surface area contributed by atoms with Crippen molar-refractivity contribution in [3.05, 3.63) is 78.4 Å². The van der Waals surface area contributed by atoms with Crippen molar-refractivity contribution in [1.29, 1.82) is 0 Å². The minimum Gasteiger partial charge on any atom is -0.493 e. The summed E-state index contributed by atoms with van der Waals surface area (Å²) in [5.74, 6) is 2.71. The van der Waals surface area contributed by atoms with Crippen LogP contribution in [0, 0.1) is 0 Å². The summed E-state index contributed by atoms with van der Waals surface area (Å²) in [6.07, 6.45) is 0.805. The Hall–Kier alpha value is -2.98. The molecule has 5 heteroatoms. The van der Waals surface area contributed by atoms with Crippen LogP contribution in [-0.4, -0.2) is 17.5 Å². The SMILES string of the molecule is ClCCCOc1ccc2nc(-c3ccc(OCc4ccccc4)cc3)oc2c1. The van der Waals surface area contributed by atoms with Gasteiger partial charge in [-0.3, -0.25) is 0 Å². The number of rotatable bonds is 8. The van der Waals surface area contributed by atoms with Gasteiger partial charge in [0, 0.05) is 17.5 Å². The second-order valence-corrected chi connectivity index (χ2v) is 6.72. The topological polar surface area (TPSA) is 44.5 Å². The van der Waals surface area contributed by atoms with Crippen molar-refractivity contribution >= 4 is 22.7 Å². The highest BCUT2D eigenvalue weighted by Crippen LogP contribution is 2.28. The van der Waals surface area contributed by atoms with Gasteiger partial charge in [-0.15, -0.1) is 11.6 Å². The predicted octanol–water partition coefficient (Wildman–Crippen LogP) is 6.08. The molecule has 28 heavy (non-hydrogen) atoms. The zero-order valence-electron chi connectivity index (χ0n) is 15.3. The van der Waals surface area contributed by atoms with Gasteiger partial charge in [-0.05, 0) is 48.4 Å². The maximum Gasteiger partial charge on any atom is 0.227 e. The normalized spacial score (nSPS) is 10.9. The second kappa shape index (κ2) is 8.81. The van der Waals surface area contributed by atoms with E-state index in [0.717, 1.165) is 34.6 Å². The summed E-state index contributed by atoms with van der Waals surface area (Å²) in [5, 5.41) is 0. The van der Waals surface area contributed by atoms with Gasteiger partial charge in [0.2, 0.25) is 5.89 Å². The summed E-state index contributed by atoms with van der Waals surface area (Å²) < 4.78 is 17.4. The summed E-state index contributed by atoms with van der Waals surface area (Å²) in [4.78, 5) is 4.56. The number of alkyl halides is 1. The van der Waals surface area contributed by atoms with E-state index in [1.54, 1.807) is 0 Å². The number of oxazole rings is 1. The number of hydrogen-bond donors (Lipinski definition) is 0. The maximum absolute atomic E-state index is 5.91. The van der Waals surface area contributed by atoms with E-state index in [-0.39, 0.29) is 0 Å². The zero-order chi connectivity index (χ0) is 19.2. The van der Waals surface area contributed by atoms with Crippen molar-refractivity contribution in [2.45, 2.75) is 13.0 Å². The molecule has 0 fully saturated rings. The van der Waals surface area contributed by atoms with Crippen LogP contribution in [0.5, 0.6) is 11.5 Å². The van der Waals surface area contributed by atoms with Crippen LogP contribution < -0.4 is 9.47 Å². The van der Waals surface area contributed by atoms with E-state index in [2.05, 4.69) is 4.98 Å². The molecule has 0 amide bonds. The third-order valence-corrected chi connectivity index (χ3v) is 4.52. The first-order valence-electron chi connectivity index (χ1n) is 9.18. The van der Waals surface area contributed by atoms with Gasteiger partial charge in [-0.25, -0.2) is 4.98 Å². The smallest absolute Gasteiger partial charge is 0.227 e. The molecule has 3 aromatic carbocycles. The van der Waals surface area contributed by atoms with Crippen LogP contribution in [0.15, 0.2) is 77.2 Å². The Morgan fingerprint density at radius 1 is 0.857 bits per heavy atom. The fraction of sp³-hybridized carbons (Fsp3) is 0.174. The van der Waals surface area contributed by atoms with Crippen LogP contribution in [0.1, 0.15) is 12.0 Å². The fourth-order valence-electron chi connectivity index (χ4n) is 2.80. The number of ether oxygens (including phenoxy) is 2. The van der Waals surface area contributed by atoms with E-state index in [4.69, 9.17) is 25.5 Å². The van der Waals surface area contributed by atoms with Gasteiger partial charge in [0.05, 0.1) is 6.61 Å². The molecule has 0 aliphatic heterocycles. The first-order valence-corrected chi connectivity index (χ1v) is 9.72. The van der Waals surface area contributed by atoms with Crippen molar-refractivity contribution < 1.29 is 13.9 Å². The number of halogens is 1. The molecule has 4 nitrogen and oxygen atoms in total. The van der Waals surface area contributed by atoms with E-state index < -0.39 is 0 Å². The van der Waals surface area contributed by atoms with Crippen molar-refractivity contribution in [3.8, 4) is 23.0 Å². The second-order valence-electron chi connectivity index (χ2n) is 6.34. The zero-order valence-corrected chi connectivity index (χ0v) is 16.1. The molecule has 0 saturated heterocycles. The lowest BCUT2D eigenvalue weighted by molar-refractivity contribution is 0.306. The molecule has 0 atom stereocenters. The number of aromatic nitrogens is 1. The van der Waals surface area contributed by atoms with Crippen LogP contribution in [0.2, 0.25) is 0 Å². The molecule has 0 unspecified atom stereocenters.